The zero-order valence-corrected chi connectivity index (χ0v) is 11.7. The highest BCUT2D eigenvalue weighted by atomic mass is 16.5. The topological polar surface area (TPSA) is 106 Å². The van der Waals surface area contributed by atoms with E-state index in [9.17, 15) is 4.79 Å². The maximum Gasteiger partial charge on any atom is 0.231 e. The lowest BCUT2D eigenvalue weighted by molar-refractivity contribution is -0.120. The Hall–Kier alpha value is -2.25. The fourth-order valence-corrected chi connectivity index (χ4v) is 2.28. The van der Waals surface area contributed by atoms with Gasteiger partial charge in [0.25, 0.3) is 0 Å². The van der Waals surface area contributed by atoms with E-state index in [0.717, 1.165) is 11.4 Å². The Labute approximate surface area is 121 Å². The van der Waals surface area contributed by atoms with Crippen LogP contribution in [-0.4, -0.2) is 40.3 Å². The van der Waals surface area contributed by atoms with E-state index >= 15 is 0 Å². The number of amides is 1. The number of nitrogens with two attached hydrogens (primary N) is 1. The molecule has 1 aliphatic heterocycles. The molecule has 1 aromatic heterocycles. The van der Waals surface area contributed by atoms with Gasteiger partial charge in [-0.3, -0.25) is 9.89 Å². The molecule has 1 amide bonds. The summed E-state index contributed by atoms with van der Waals surface area (Å²) in [7, 11) is 0. The lowest BCUT2D eigenvalue weighted by Crippen LogP contribution is -2.37. The molecule has 0 aliphatic carbocycles. The van der Waals surface area contributed by atoms with E-state index in [1.54, 1.807) is 0 Å². The number of hydrogen-bond acceptors (Lipinski definition) is 5. The molecule has 1 aromatic carbocycles. The number of H-pyrrole nitrogens is 1. The summed E-state index contributed by atoms with van der Waals surface area (Å²) in [6.45, 7) is 2.63. The average Bonchev–Trinajstić information content (AvgIpc) is 3.08. The quantitative estimate of drug-likeness (QED) is 0.770. The van der Waals surface area contributed by atoms with E-state index < -0.39 is 0 Å². The number of carbonyl (C=O) groups excluding carboxylic acids is 1. The first-order valence-electron chi connectivity index (χ1n) is 6.77. The van der Waals surface area contributed by atoms with Crippen LogP contribution in [0, 0.1) is 12.8 Å². The van der Waals surface area contributed by atoms with Gasteiger partial charge in [-0.1, -0.05) is 12.1 Å². The zero-order chi connectivity index (χ0) is 14.8. The van der Waals surface area contributed by atoms with Crippen LogP contribution in [0.25, 0.3) is 11.4 Å². The molecular formula is C14H17N5O2. The Morgan fingerprint density at radius 1 is 1.48 bits per heavy atom. The van der Waals surface area contributed by atoms with Crippen molar-refractivity contribution in [1.82, 2.24) is 15.2 Å². The summed E-state index contributed by atoms with van der Waals surface area (Å²) >= 11 is 0. The van der Waals surface area contributed by atoms with Gasteiger partial charge in [0.05, 0.1) is 19.1 Å². The average molecular weight is 287 g/mol. The number of aromatic nitrogens is 3. The van der Waals surface area contributed by atoms with Crippen LogP contribution in [0.3, 0.4) is 0 Å². The van der Waals surface area contributed by atoms with Crippen molar-refractivity contribution in [3.05, 3.63) is 30.1 Å². The number of ether oxygens (including phenoxy) is 1. The van der Waals surface area contributed by atoms with Gasteiger partial charge in [0.2, 0.25) is 5.91 Å². The molecule has 2 atom stereocenters. The molecule has 1 fully saturated rings. The molecule has 1 saturated heterocycles. The summed E-state index contributed by atoms with van der Waals surface area (Å²) in [4.78, 5) is 16.4. The number of nitrogens with one attached hydrogen (secondary N) is 2. The summed E-state index contributed by atoms with van der Waals surface area (Å²) in [6, 6.07) is 7.15. The number of benzene rings is 1. The summed E-state index contributed by atoms with van der Waals surface area (Å²) in [5.41, 5.74) is 7.38. The lowest BCUT2D eigenvalue weighted by atomic mass is 10.0. The fourth-order valence-electron chi connectivity index (χ4n) is 2.28. The van der Waals surface area contributed by atoms with Gasteiger partial charge in [-0.2, -0.15) is 5.10 Å². The van der Waals surface area contributed by atoms with Crippen LogP contribution in [0.2, 0.25) is 0 Å². The SMILES string of the molecule is Cc1nc(-c2cccc(NC(=O)C3COCC3N)c2)n[nH]1. The second-order valence-corrected chi connectivity index (χ2v) is 5.12. The van der Waals surface area contributed by atoms with Crippen molar-refractivity contribution in [2.24, 2.45) is 11.7 Å². The Bertz CT molecular complexity index is 654. The third-order valence-corrected chi connectivity index (χ3v) is 3.45. The van der Waals surface area contributed by atoms with Crippen LogP contribution >= 0.6 is 0 Å². The van der Waals surface area contributed by atoms with Gasteiger partial charge in [0.1, 0.15) is 5.82 Å². The van der Waals surface area contributed by atoms with Crippen LogP contribution in [0.1, 0.15) is 5.82 Å². The Morgan fingerprint density at radius 3 is 3.00 bits per heavy atom. The van der Waals surface area contributed by atoms with Crippen molar-refractivity contribution in [1.29, 1.82) is 0 Å². The normalized spacial score (nSPS) is 21.4. The smallest absolute Gasteiger partial charge is 0.231 e. The first kappa shape index (κ1) is 13.7. The van der Waals surface area contributed by atoms with Gasteiger partial charge in [0.15, 0.2) is 5.82 Å². The number of carbonyl (C=O) groups is 1. The molecule has 0 spiro atoms. The number of anilines is 1. The molecule has 0 radical (unpaired) electrons. The van der Waals surface area contributed by atoms with E-state index in [0.29, 0.717) is 24.7 Å². The highest BCUT2D eigenvalue weighted by molar-refractivity contribution is 5.93. The van der Waals surface area contributed by atoms with Crippen LogP contribution in [0.5, 0.6) is 0 Å². The highest BCUT2D eigenvalue weighted by Gasteiger charge is 2.31. The lowest BCUT2D eigenvalue weighted by Gasteiger charge is -2.13. The number of aromatic amines is 1. The summed E-state index contributed by atoms with van der Waals surface area (Å²) in [5, 5.41) is 9.77. The Kier molecular flexibility index (Phi) is 3.68. The van der Waals surface area contributed by atoms with Crippen molar-refractivity contribution < 1.29 is 9.53 Å². The van der Waals surface area contributed by atoms with E-state index in [-0.39, 0.29) is 17.9 Å². The third kappa shape index (κ3) is 2.93. The molecule has 2 unspecified atom stereocenters. The number of rotatable bonds is 3. The first-order chi connectivity index (χ1) is 10.1. The highest BCUT2D eigenvalue weighted by Crippen LogP contribution is 2.21. The van der Waals surface area contributed by atoms with Gasteiger partial charge < -0.3 is 15.8 Å². The monoisotopic (exact) mass is 287 g/mol. The summed E-state index contributed by atoms with van der Waals surface area (Å²) < 4.78 is 5.21. The number of nitrogens with zero attached hydrogens (tertiary/aromatic N) is 2. The maximum atomic E-state index is 12.2. The second-order valence-electron chi connectivity index (χ2n) is 5.12. The minimum absolute atomic E-state index is 0.122. The van der Waals surface area contributed by atoms with E-state index in [4.69, 9.17) is 10.5 Å². The van der Waals surface area contributed by atoms with Crippen LogP contribution in [0.4, 0.5) is 5.69 Å². The van der Waals surface area contributed by atoms with E-state index in [2.05, 4.69) is 20.5 Å². The van der Waals surface area contributed by atoms with E-state index in [1.165, 1.54) is 0 Å². The Morgan fingerprint density at radius 2 is 2.33 bits per heavy atom. The largest absolute Gasteiger partial charge is 0.379 e. The minimum Gasteiger partial charge on any atom is -0.379 e. The van der Waals surface area contributed by atoms with Crippen molar-refractivity contribution in [2.75, 3.05) is 18.5 Å². The number of hydrogen-bond donors (Lipinski definition) is 3. The van der Waals surface area contributed by atoms with Crippen LogP contribution in [-0.2, 0) is 9.53 Å². The molecular weight excluding hydrogens is 270 g/mol. The number of aryl methyl sites for hydroxylation is 1. The van der Waals surface area contributed by atoms with Crippen molar-refractivity contribution >= 4 is 11.6 Å². The van der Waals surface area contributed by atoms with Crippen molar-refractivity contribution in [3.63, 3.8) is 0 Å². The Balaban J connectivity index is 1.76. The van der Waals surface area contributed by atoms with Gasteiger partial charge >= 0.3 is 0 Å². The minimum atomic E-state index is -0.306. The second kappa shape index (κ2) is 5.63. The van der Waals surface area contributed by atoms with Gasteiger partial charge in [-0.15, -0.1) is 0 Å². The van der Waals surface area contributed by atoms with Crippen molar-refractivity contribution in [2.45, 2.75) is 13.0 Å². The molecule has 1 aliphatic rings. The first-order valence-corrected chi connectivity index (χ1v) is 6.77. The molecule has 2 heterocycles. The van der Waals surface area contributed by atoms with Crippen LogP contribution < -0.4 is 11.1 Å². The molecule has 110 valence electrons. The standard InChI is InChI=1S/C14H17N5O2/c1-8-16-13(19-18-8)9-3-2-4-10(5-9)17-14(20)11-6-21-7-12(11)15/h2-5,11-12H,6-7,15H2,1H3,(H,17,20)(H,16,18,19). The van der Waals surface area contributed by atoms with Crippen LogP contribution in [0.15, 0.2) is 24.3 Å². The summed E-state index contributed by atoms with van der Waals surface area (Å²) in [5.74, 6) is 0.917. The van der Waals surface area contributed by atoms with Gasteiger partial charge in [-0.05, 0) is 19.1 Å². The molecule has 0 bridgehead atoms. The van der Waals surface area contributed by atoms with E-state index in [1.807, 2.05) is 31.2 Å². The molecule has 0 saturated carbocycles. The maximum absolute atomic E-state index is 12.2. The molecule has 7 nitrogen and oxygen atoms in total. The predicted molar refractivity (Wildman–Crippen MR) is 77.5 cm³/mol. The van der Waals surface area contributed by atoms with Gasteiger partial charge in [-0.25, -0.2) is 4.98 Å². The molecule has 2 aromatic rings. The molecule has 4 N–H and O–H groups in total. The zero-order valence-electron chi connectivity index (χ0n) is 11.7. The molecule has 7 heteroatoms. The molecule has 3 rings (SSSR count). The van der Waals surface area contributed by atoms with Gasteiger partial charge in [0, 0.05) is 17.3 Å². The fraction of sp³-hybridized carbons (Fsp3) is 0.357. The predicted octanol–water partition coefficient (Wildman–Crippen LogP) is 0.692. The van der Waals surface area contributed by atoms with Crippen molar-refractivity contribution in [3.8, 4) is 11.4 Å². The third-order valence-electron chi connectivity index (χ3n) is 3.45. The summed E-state index contributed by atoms with van der Waals surface area (Å²) in [6.07, 6.45) is 0. The molecule has 21 heavy (non-hydrogen) atoms.